The number of ketones is 1. The molecule has 0 radical (unpaired) electrons. The first-order valence-corrected chi connectivity index (χ1v) is 9.49. The van der Waals surface area contributed by atoms with E-state index in [0.29, 0.717) is 16.9 Å². The van der Waals surface area contributed by atoms with Gasteiger partial charge in [0.2, 0.25) is 0 Å². The zero-order chi connectivity index (χ0) is 21.0. The first kappa shape index (κ1) is 20.3. The van der Waals surface area contributed by atoms with Crippen LogP contribution in [-0.4, -0.2) is 16.7 Å². The SMILES string of the molecule is CC(=O)c1ccc(NC(=O)c2ccc(Nc3ccccc3C(C)(C)C)cn2)cc1. The smallest absolute Gasteiger partial charge is 0.274 e. The summed E-state index contributed by atoms with van der Waals surface area (Å²) in [6.45, 7) is 8.01. The Bertz CT molecular complexity index is 1020. The molecule has 0 unspecified atom stereocenters. The predicted molar refractivity (Wildman–Crippen MR) is 117 cm³/mol. The van der Waals surface area contributed by atoms with E-state index in [1.807, 2.05) is 24.3 Å². The van der Waals surface area contributed by atoms with Crippen LogP contribution < -0.4 is 10.6 Å². The first-order chi connectivity index (χ1) is 13.7. The van der Waals surface area contributed by atoms with E-state index in [0.717, 1.165) is 11.4 Å². The van der Waals surface area contributed by atoms with Gasteiger partial charge in [0.15, 0.2) is 5.78 Å². The number of nitrogens with zero attached hydrogens (tertiary/aromatic N) is 1. The standard InChI is InChI=1S/C24H25N3O2/c1-16(28)17-9-11-18(12-10-17)27-23(29)22-14-13-19(15-25-22)26-21-8-6-5-7-20(21)24(2,3)4/h5-15,26H,1-4H3,(H,27,29). The van der Waals surface area contributed by atoms with E-state index in [2.05, 4.69) is 42.5 Å². The minimum atomic E-state index is -0.304. The highest BCUT2D eigenvalue weighted by molar-refractivity contribution is 6.03. The van der Waals surface area contributed by atoms with Crippen LogP contribution in [0.4, 0.5) is 17.1 Å². The van der Waals surface area contributed by atoms with Crippen molar-refractivity contribution in [1.82, 2.24) is 4.98 Å². The van der Waals surface area contributed by atoms with Crippen LogP contribution in [0.5, 0.6) is 0 Å². The van der Waals surface area contributed by atoms with E-state index in [1.54, 1.807) is 36.5 Å². The summed E-state index contributed by atoms with van der Waals surface area (Å²) in [6, 6.07) is 18.4. The molecule has 5 heteroatoms. The van der Waals surface area contributed by atoms with Gasteiger partial charge in [0.1, 0.15) is 5.69 Å². The number of carbonyl (C=O) groups excluding carboxylic acids is 2. The molecule has 0 saturated heterocycles. The maximum atomic E-state index is 12.4. The van der Waals surface area contributed by atoms with Crippen molar-refractivity contribution in [3.8, 4) is 0 Å². The summed E-state index contributed by atoms with van der Waals surface area (Å²) < 4.78 is 0. The largest absolute Gasteiger partial charge is 0.354 e. The Morgan fingerprint density at radius 1 is 0.862 bits per heavy atom. The normalized spacial score (nSPS) is 11.0. The third kappa shape index (κ3) is 5.08. The number of benzene rings is 2. The number of nitrogens with one attached hydrogen (secondary N) is 2. The summed E-state index contributed by atoms with van der Waals surface area (Å²) >= 11 is 0. The summed E-state index contributed by atoms with van der Waals surface area (Å²) in [4.78, 5) is 28.0. The van der Waals surface area contributed by atoms with Crippen LogP contribution >= 0.6 is 0 Å². The molecule has 0 bridgehead atoms. The zero-order valence-corrected chi connectivity index (χ0v) is 17.1. The Labute approximate surface area is 171 Å². The molecular weight excluding hydrogens is 362 g/mol. The van der Waals surface area contributed by atoms with Gasteiger partial charge in [-0.3, -0.25) is 9.59 Å². The lowest BCUT2D eigenvalue weighted by Gasteiger charge is -2.23. The van der Waals surface area contributed by atoms with Crippen LogP contribution in [0.15, 0.2) is 66.9 Å². The minimum absolute atomic E-state index is 0.00872. The molecule has 148 valence electrons. The van der Waals surface area contributed by atoms with Crippen molar-refractivity contribution in [2.75, 3.05) is 10.6 Å². The van der Waals surface area contributed by atoms with E-state index in [9.17, 15) is 9.59 Å². The van der Waals surface area contributed by atoms with Crippen LogP contribution in [-0.2, 0) is 5.41 Å². The molecule has 2 N–H and O–H groups in total. The molecule has 3 aromatic rings. The molecule has 1 aromatic heterocycles. The molecule has 0 fully saturated rings. The third-order valence-electron chi connectivity index (χ3n) is 4.56. The predicted octanol–water partition coefficient (Wildman–Crippen LogP) is 5.58. The lowest BCUT2D eigenvalue weighted by Crippen LogP contribution is -2.14. The number of hydrogen-bond donors (Lipinski definition) is 2. The fourth-order valence-electron chi connectivity index (χ4n) is 2.99. The van der Waals surface area contributed by atoms with Crippen molar-refractivity contribution < 1.29 is 9.59 Å². The quantitative estimate of drug-likeness (QED) is 0.561. The maximum absolute atomic E-state index is 12.4. The van der Waals surface area contributed by atoms with Gasteiger partial charge in [-0.15, -0.1) is 0 Å². The van der Waals surface area contributed by atoms with Crippen molar-refractivity contribution in [2.24, 2.45) is 0 Å². The molecule has 1 amide bonds. The van der Waals surface area contributed by atoms with Gasteiger partial charge in [-0.05, 0) is 60.4 Å². The second-order valence-corrected chi connectivity index (χ2v) is 7.94. The van der Waals surface area contributed by atoms with Crippen molar-refractivity contribution >= 4 is 28.8 Å². The number of rotatable bonds is 5. The molecule has 0 spiro atoms. The Kier molecular flexibility index (Phi) is 5.78. The van der Waals surface area contributed by atoms with Gasteiger partial charge in [-0.25, -0.2) is 4.98 Å². The molecular formula is C24H25N3O2. The number of carbonyl (C=O) groups is 2. The van der Waals surface area contributed by atoms with Crippen LogP contribution in [0.3, 0.4) is 0 Å². The molecule has 2 aromatic carbocycles. The first-order valence-electron chi connectivity index (χ1n) is 9.49. The van der Waals surface area contributed by atoms with Crippen molar-refractivity contribution in [2.45, 2.75) is 33.1 Å². The van der Waals surface area contributed by atoms with Gasteiger partial charge in [0, 0.05) is 16.9 Å². The Hall–Kier alpha value is -3.47. The van der Waals surface area contributed by atoms with Gasteiger partial charge in [-0.1, -0.05) is 39.0 Å². The lowest BCUT2D eigenvalue weighted by atomic mass is 9.86. The fourth-order valence-corrected chi connectivity index (χ4v) is 2.99. The fraction of sp³-hybridized carbons (Fsp3) is 0.208. The van der Waals surface area contributed by atoms with Crippen LogP contribution in [0, 0.1) is 0 Å². The molecule has 5 nitrogen and oxygen atoms in total. The zero-order valence-electron chi connectivity index (χ0n) is 17.1. The summed E-state index contributed by atoms with van der Waals surface area (Å²) in [5.41, 5.74) is 4.57. The summed E-state index contributed by atoms with van der Waals surface area (Å²) in [5, 5.41) is 6.17. The molecule has 0 atom stereocenters. The Morgan fingerprint density at radius 2 is 1.52 bits per heavy atom. The van der Waals surface area contributed by atoms with Crippen LogP contribution in [0.2, 0.25) is 0 Å². The number of hydrogen-bond acceptors (Lipinski definition) is 4. The lowest BCUT2D eigenvalue weighted by molar-refractivity contribution is 0.101. The van der Waals surface area contributed by atoms with E-state index < -0.39 is 0 Å². The van der Waals surface area contributed by atoms with E-state index in [1.165, 1.54) is 12.5 Å². The van der Waals surface area contributed by atoms with Crippen molar-refractivity contribution in [1.29, 1.82) is 0 Å². The number of pyridine rings is 1. The van der Waals surface area contributed by atoms with Gasteiger partial charge in [0.25, 0.3) is 5.91 Å². The number of aromatic nitrogens is 1. The number of amides is 1. The molecule has 0 aliphatic carbocycles. The van der Waals surface area contributed by atoms with Crippen molar-refractivity contribution in [3.05, 3.63) is 83.7 Å². The third-order valence-corrected chi connectivity index (χ3v) is 4.56. The maximum Gasteiger partial charge on any atom is 0.274 e. The van der Waals surface area contributed by atoms with Gasteiger partial charge >= 0.3 is 0 Å². The Morgan fingerprint density at radius 3 is 2.10 bits per heavy atom. The van der Waals surface area contributed by atoms with Gasteiger partial charge in [-0.2, -0.15) is 0 Å². The van der Waals surface area contributed by atoms with Crippen molar-refractivity contribution in [3.63, 3.8) is 0 Å². The molecule has 0 aliphatic rings. The number of Topliss-reactive ketones (excluding diaryl/α,β-unsaturated/α-hetero) is 1. The summed E-state index contributed by atoms with van der Waals surface area (Å²) in [7, 11) is 0. The highest BCUT2D eigenvalue weighted by Gasteiger charge is 2.17. The van der Waals surface area contributed by atoms with E-state index in [4.69, 9.17) is 0 Å². The topological polar surface area (TPSA) is 71.1 Å². The molecule has 0 saturated carbocycles. The number of anilines is 3. The molecule has 1 heterocycles. The molecule has 3 rings (SSSR count). The highest BCUT2D eigenvalue weighted by Crippen LogP contribution is 2.31. The van der Waals surface area contributed by atoms with Crippen LogP contribution in [0.25, 0.3) is 0 Å². The van der Waals surface area contributed by atoms with Crippen LogP contribution in [0.1, 0.15) is 54.1 Å². The number of para-hydroxylation sites is 1. The summed E-state index contributed by atoms with van der Waals surface area (Å²) in [5.74, 6) is -0.317. The molecule has 29 heavy (non-hydrogen) atoms. The van der Waals surface area contributed by atoms with Gasteiger partial charge < -0.3 is 10.6 Å². The van der Waals surface area contributed by atoms with Gasteiger partial charge in [0.05, 0.1) is 11.9 Å². The van der Waals surface area contributed by atoms with E-state index >= 15 is 0 Å². The summed E-state index contributed by atoms with van der Waals surface area (Å²) in [6.07, 6.45) is 1.65. The second-order valence-electron chi connectivity index (χ2n) is 7.94. The minimum Gasteiger partial charge on any atom is -0.354 e. The Balaban J connectivity index is 1.70. The average Bonchev–Trinajstić information content (AvgIpc) is 2.68. The molecule has 0 aliphatic heterocycles. The highest BCUT2D eigenvalue weighted by atomic mass is 16.2. The van der Waals surface area contributed by atoms with E-state index in [-0.39, 0.29) is 17.1 Å². The monoisotopic (exact) mass is 387 g/mol. The average molecular weight is 387 g/mol. The second kappa shape index (κ2) is 8.27.